The number of aromatic nitrogens is 1. The highest BCUT2D eigenvalue weighted by Crippen LogP contribution is 2.49. The van der Waals surface area contributed by atoms with Gasteiger partial charge in [-0.2, -0.15) is 0 Å². The van der Waals surface area contributed by atoms with E-state index in [9.17, 15) is 18.4 Å². The Morgan fingerprint density at radius 1 is 1.03 bits per heavy atom. The van der Waals surface area contributed by atoms with Gasteiger partial charge in [0.1, 0.15) is 5.82 Å². The first-order chi connectivity index (χ1) is 16.2. The molecule has 2 amide bonds. The maximum Gasteiger partial charge on any atom is 0.586 e. The standard InChI is InChI=1S/C25H21F2N3O4/c1-14-6-9-20(29-21(14)15-4-2-5-16(12-15)22(28)31)30-23(32)24(10-3-11-24)17-7-8-18-19(13-17)34-25(26,27)33-18/h2,4-9,12-13H,3,10-11H2,1H3,(H2,28,31)(H,29,30,32). The number of nitrogens with zero attached hydrogens (tertiary/aromatic N) is 1. The summed E-state index contributed by atoms with van der Waals surface area (Å²) in [6, 6.07) is 14.8. The molecule has 3 aromatic rings. The third-order valence-electron chi connectivity index (χ3n) is 6.35. The van der Waals surface area contributed by atoms with Gasteiger partial charge < -0.3 is 20.5 Å². The molecule has 0 saturated heterocycles. The van der Waals surface area contributed by atoms with E-state index in [1.807, 2.05) is 19.1 Å². The lowest BCUT2D eigenvalue weighted by Crippen LogP contribution is -2.46. The predicted octanol–water partition coefficient (Wildman–Crippen LogP) is 4.54. The van der Waals surface area contributed by atoms with Crippen LogP contribution in [0.3, 0.4) is 0 Å². The van der Waals surface area contributed by atoms with E-state index in [0.717, 1.165) is 12.0 Å². The molecule has 0 radical (unpaired) electrons. The average molecular weight is 465 g/mol. The minimum atomic E-state index is -3.72. The Labute approximate surface area is 193 Å². The number of rotatable bonds is 5. The van der Waals surface area contributed by atoms with Crippen molar-refractivity contribution >= 4 is 17.6 Å². The Balaban J connectivity index is 1.43. The van der Waals surface area contributed by atoms with Crippen LogP contribution in [0, 0.1) is 6.92 Å². The molecule has 1 fully saturated rings. The largest absolute Gasteiger partial charge is 0.586 e. The number of amides is 2. The molecule has 34 heavy (non-hydrogen) atoms. The normalized spacial score (nSPS) is 17.0. The van der Waals surface area contributed by atoms with Gasteiger partial charge in [-0.3, -0.25) is 9.59 Å². The molecule has 1 saturated carbocycles. The Bertz CT molecular complexity index is 1320. The van der Waals surface area contributed by atoms with Gasteiger partial charge in [0.2, 0.25) is 11.8 Å². The van der Waals surface area contributed by atoms with Gasteiger partial charge in [0.05, 0.1) is 11.1 Å². The van der Waals surface area contributed by atoms with Crippen LogP contribution in [0.5, 0.6) is 11.5 Å². The molecule has 0 atom stereocenters. The first-order valence-electron chi connectivity index (χ1n) is 10.8. The first kappa shape index (κ1) is 21.8. The molecule has 2 heterocycles. The topological polar surface area (TPSA) is 104 Å². The molecule has 5 rings (SSSR count). The third kappa shape index (κ3) is 3.72. The molecule has 0 bridgehead atoms. The van der Waals surface area contributed by atoms with Crippen LogP contribution in [0.25, 0.3) is 11.3 Å². The summed E-state index contributed by atoms with van der Waals surface area (Å²) in [5.74, 6) is -0.637. The van der Waals surface area contributed by atoms with Crippen LogP contribution in [0.1, 0.15) is 40.7 Å². The molecule has 0 spiro atoms. The molecule has 3 N–H and O–H groups in total. The van der Waals surface area contributed by atoms with E-state index in [-0.39, 0.29) is 17.4 Å². The quantitative estimate of drug-likeness (QED) is 0.576. The van der Waals surface area contributed by atoms with Crippen molar-refractivity contribution in [1.29, 1.82) is 0 Å². The maximum absolute atomic E-state index is 13.4. The van der Waals surface area contributed by atoms with Gasteiger partial charge in [-0.15, -0.1) is 8.78 Å². The molecule has 0 unspecified atom stereocenters. The van der Waals surface area contributed by atoms with Gasteiger partial charge in [0.25, 0.3) is 0 Å². The molecular formula is C25H21F2N3O4. The Hall–Kier alpha value is -4.01. The summed E-state index contributed by atoms with van der Waals surface area (Å²) in [4.78, 5) is 29.5. The third-order valence-corrected chi connectivity index (χ3v) is 6.35. The predicted molar refractivity (Wildman–Crippen MR) is 120 cm³/mol. The number of alkyl halides is 2. The van der Waals surface area contributed by atoms with Crippen LogP contribution in [-0.2, 0) is 10.2 Å². The van der Waals surface area contributed by atoms with Crippen molar-refractivity contribution in [3.05, 3.63) is 71.3 Å². The highest BCUT2D eigenvalue weighted by Gasteiger charge is 2.48. The van der Waals surface area contributed by atoms with E-state index < -0.39 is 17.6 Å². The fourth-order valence-corrected chi connectivity index (χ4v) is 4.37. The number of aryl methyl sites for hydroxylation is 1. The number of carbonyl (C=O) groups is 2. The minimum absolute atomic E-state index is 0.0633. The molecule has 1 aromatic heterocycles. The van der Waals surface area contributed by atoms with Crippen LogP contribution in [-0.4, -0.2) is 23.1 Å². The Morgan fingerprint density at radius 3 is 2.50 bits per heavy atom. The molecule has 1 aliphatic heterocycles. The second-order valence-corrected chi connectivity index (χ2v) is 8.53. The first-order valence-corrected chi connectivity index (χ1v) is 10.8. The van der Waals surface area contributed by atoms with Crippen molar-refractivity contribution in [2.24, 2.45) is 5.73 Å². The van der Waals surface area contributed by atoms with Crippen LogP contribution < -0.4 is 20.5 Å². The number of pyridine rings is 1. The lowest BCUT2D eigenvalue weighted by atomic mass is 9.63. The van der Waals surface area contributed by atoms with Crippen molar-refractivity contribution in [3.63, 3.8) is 0 Å². The van der Waals surface area contributed by atoms with E-state index in [1.54, 1.807) is 30.3 Å². The van der Waals surface area contributed by atoms with Crippen molar-refractivity contribution in [2.75, 3.05) is 5.32 Å². The van der Waals surface area contributed by atoms with Crippen LogP contribution in [0.4, 0.5) is 14.6 Å². The Kier molecular flexibility index (Phi) is 5.00. The molecule has 1 aliphatic carbocycles. The summed E-state index contributed by atoms with van der Waals surface area (Å²) in [6.07, 6.45) is -1.77. The SMILES string of the molecule is Cc1ccc(NC(=O)C2(c3ccc4c(c3)OC(F)(F)O4)CCC2)nc1-c1cccc(C(N)=O)c1. The fourth-order valence-electron chi connectivity index (χ4n) is 4.37. The van der Waals surface area contributed by atoms with Crippen molar-refractivity contribution in [1.82, 2.24) is 4.98 Å². The molecule has 2 aromatic carbocycles. The summed E-state index contributed by atoms with van der Waals surface area (Å²) in [6.45, 7) is 1.88. The number of primary amides is 1. The number of hydrogen-bond donors (Lipinski definition) is 2. The molecule has 9 heteroatoms. The number of fused-ring (bicyclic) bond motifs is 1. The second-order valence-electron chi connectivity index (χ2n) is 8.53. The highest BCUT2D eigenvalue weighted by molar-refractivity contribution is 5.99. The number of ether oxygens (including phenoxy) is 2. The van der Waals surface area contributed by atoms with E-state index >= 15 is 0 Å². The van der Waals surface area contributed by atoms with Gasteiger partial charge in [0.15, 0.2) is 11.5 Å². The summed E-state index contributed by atoms with van der Waals surface area (Å²) in [7, 11) is 0. The number of anilines is 1. The zero-order valence-electron chi connectivity index (χ0n) is 18.2. The summed E-state index contributed by atoms with van der Waals surface area (Å²) in [5, 5.41) is 2.88. The zero-order chi connectivity index (χ0) is 24.1. The van der Waals surface area contributed by atoms with E-state index in [0.29, 0.717) is 41.0 Å². The van der Waals surface area contributed by atoms with E-state index in [1.165, 1.54) is 12.1 Å². The van der Waals surface area contributed by atoms with Gasteiger partial charge >= 0.3 is 6.29 Å². The molecule has 174 valence electrons. The molecule has 2 aliphatic rings. The number of halogens is 2. The number of nitrogens with two attached hydrogens (primary N) is 1. The van der Waals surface area contributed by atoms with Crippen molar-refractivity contribution in [2.45, 2.75) is 37.9 Å². The number of nitrogens with one attached hydrogen (secondary N) is 1. The van der Waals surface area contributed by atoms with Gasteiger partial charge in [0, 0.05) is 11.1 Å². The number of benzene rings is 2. The van der Waals surface area contributed by atoms with Crippen molar-refractivity contribution in [3.8, 4) is 22.8 Å². The highest BCUT2D eigenvalue weighted by atomic mass is 19.3. The number of hydrogen-bond acceptors (Lipinski definition) is 5. The lowest BCUT2D eigenvalue weighted by Gasteiger charge is -2.40. The van der Waals surface area contributed by atoms with E-state index in [4.69, 9.17) is 5.73 Å². The maximum atomic E-state index is 13.4. The zero-order valence-corrected chi connectivity index (χ0v) is 18.2. The molecular weight excluding hydrogens is 444 g/mol. The average Bonchev–Trinajstić information content (AvgIpc) is 3.07. The number of carbonyl (C=O) groups excluding carboxylic acids is 2. The minimum Gasteiger partial charge on any atom is -0.395 e. The second kappa shape index (κ2) is 7.79. The smallest absolute Gasteiger partial charge is 0.395 e. The molecule has 7 nitrogen and oxygen atoms in total. The van der Waals surface area contributed by atoms with Crippen LogP contribution in [0.2, 0.25) is 0 Å². The monoisotopic (exact) mass is 465 g/mol. The van der Waals surface area contributed by atoms with E-state index in [2.05, 4.69) is 19.8 Å². The Morgan fingerprint density at radius 2 is 1.79 bits per heavy atom. The van der Waals surface area contributed by atoms with Gasteiger partial charge in [-0.25, -0.2) is 4.98 Å². The van der Waals surface area contributed by atoms with Crippen LogP contribution in [0.15, 0.2) is 54.6 Å². The van der Waals surface area contributed by atoms with Gasteiger partial charge in [-0.1, -0.05) is 30.7 Å². The fraction of sp³-hybridized carbons (Fsp3) is 0.240. The van der Waals surface area contributed by atoms with Crippen molar-refractivity contribution < 1.29 is 27.8 Å². The van der Waals surface area contributed by atoms with Gasteiger partial charge in [-0.05, 0) is 61.2 Å². The summed E-state index contributed by atoms with van der Waals surface area (Å²) >= 11 is 0. The summed E-state index contributed by atoms with van der Waals surface area (Å²) < 4.78 is 35.9. The summed E-state index contributed by atoms with van der Waals surface area (Å²) in [5.41, 5.74) is 7.61. The lowest BCUT2D eigenvalue weighted by molar-refractivity contribution is -0.286. The van der Waals surface area contributed by atoms with Crippen LogP contribution >= 0.6 is 0 Å².